The molecule has 1 N–H and O–H groups in total. The first kappa shape index (κ1) is 17.1. The molecule has 0 unspecified atom stereocenters. The Hall–Kier alpha value is -2.05. The first-order valence-electron chi connectivity index (χ1n) is 9.83. The zero-order valence-electron chi connectivity index (χ0n) is 15.6. The van der Waals surface area contributed by atoms with Gasteiger partial charge >= 0.3 is 7.12 Å². The van der Waals surface area contributed by atoms with Crippen LogP contribution in [0.25, 0.3) is 11.3 Å². The first-order chi connectivity index (χ1) is 13.2. The van der Waals surface area contributed by atoms with Crippen molar-refractivity contribution in [3.8, 4) is 22.8 Å². The van der Waals surface area contributed by atoms with Gasteiger partial charge in [0.05, 0.1) is 12.8 Å². The molecule has 5 rings (SSSR count). The van der Waals surface area contributed by atoms with Crippen LogP contribution < -0.4 is 9.47 Å². The second-order valence-corrected chi connectivity index (χ2v) is 7.96. The second-order valence-electron chi connectivity index (χ2n) is 7.96. The Bertz CT molecular complexity index is 865. The third kappa shape index (κ3) is 2.91. The van der Waals surface area contributed by atoms with Crippen molar-refractivity contribution in [3.63, 3.8) is 0 Å². The topological polar surface area (TPSA) is 60.8 Å². The fourth-order valence-electron chi connectivity index (χ4n) is 4.81. The Balaban J connectivity index is 1.54. The van der Waals surface area contributed by atoms with Gasteiger partial charge in [0, 0.05) is 35.8 Å². The lowest BCUT2D eigenvalue weighted by atomic mass is 9.81. The van der Waals surface area contributed by atoms with E-state index >= 15 is 0 Å². The van der Waals surface area contributed by atoms with Crippen molar-refractivity contribution in [2.75, 3.05) is 13.7 Å². The van der Waals surface area contributed by atoms with Gasteiger partial charge in [-0.2, -0.15) is 0 Å². The fourth-order valence-corrected chi connectivity index (χ4v) is 4.81. The second kappa shape index (κ2) is 6.53. The molecule has 1 aromatic carbocycles. The molecule has 2 fully saturated rings. The molecule has 3 heterocycles. The Morgan fingerprint density at radius 1 is 1.22 bits per heavy atom. The molecule has 1 spiro atoms. The summed E-state index contributed by atoms with van der Waals surface area (Å²) < 4.78 is 17.4. The van der Waals surface area contributed by atoms with Crippen LogP contribution in [0, 0.1) is 0 Å². The third-order valence-corrected chi connectivity index (χ3v) is 6.22. The van der Waals surface area contributed by atoms with Crippen LogP contribution >= 0.6 is 0 Å². The van der Waals surface area contributed by atoms with Crippen molar-refractivity contribution in [2.24, 2.45) is 0 Å². The van der Waals surface area contributed by atoms with Crippen LogP contribution in [0.5, 0.6) is 11.5 Å². The van der Waals surface area contributed by atoms with Gasteiger partial charge < -0.3 is 19.2 Å². The van der Waals surface area contributed by atoms with Gasteiger partial charge in [-0.05, 0) is 56.3 Å². The molecule has 0 bridgehead atoms. The van der Waals surface area contributed by atoms with E-state index in [0.29, 0.717) is 12.9 Å². The standard InChI is InChI=1S/C21H24BNO4/c1-25-19-8-7-15(16-11-21(27-20(16)19)9-2-3-10-21)18-6-4-5-17(23-18)14-12-22(24)26-13-14/h4-8,14,24H,2-3,9-13H2,1H3/t14-/m0/s1. The van der Waals surface area contributed by atoms with E-state index in [1.54, 1.807) is 7.11 Å². The zero-order chi connectivity index (χ0) is 18.4. The average Bonchev–Trinajstić information content (AvgIpc) is 3.41. The normalized spacial score (nSPS) is 22.9. The summed E-state index contributed by atoms with van der Waals surface area (Å²) in [5, 5.41) is 9.67. The Morgan fingerprint density at radius 3 is 2.81 bits per heavy atom. The highest BCUT2D eigenvalue weighted by Crippen LogP contribution is 2.51. The highest BCUT2D eigenvalue weighted by atomic mass is 16.5. The minimum atomic E-state index is -0.679. The summed E-state index contributed by atoms with van der Waals surface area (Å²) in [5.74, 6) is 1.84. The molecular formula is C21H24BNO4. The summed E-state index contributed by atoms with van der Waals surface area (Å²) in [6.45, 7) is 0.518. The van der Waals surface area contributed by atoms with Crippen molar-refractivity contribution >= 4 is 7.12 Å². The fraction of sp³-hybridized carbons (Fsp3) is 0.476. The van der Waals surface area contributed by atoms with Crippen LogP contribution in [0.15, 0.2) is 30.3 Å². The van der Waals surface area contributed by atoms with E-state index in [0.717, 1.165) is 47.7 Å². The molecule has 5 nitrogen and oxygen atoms in total. The number of hydrogen-bond acceptors (Lipinski definition) is 5. The lowest BCUT2D eigenvalue weighted by Gasteiger charge is -2.22. The summed E-state index contributed by atoms with van der Waals surface area (Å²) in [6.07, 6.45) is 6.19. The number of rotatable bonds is 3. The van der Waals surface area contributed by atoms with E-state index in [4.69, 9.17) is 19.1 Å². The van der Waals surface area contributed by atoms with Crippen LogP contribution in [0.1, 0.15) is 42.9 Å². The molecule has 2 aliphatic heterocycles. The quantitative estimate of drug-likeness (QED) is 0.843. The van der Waals surface area contributed by atoms with Crippen LogP contribution in [0.4, 0.5) is 0 Å². The minimum absolute atomic E-state index is 0.0628. The lowest BCUT2D eigenvalue weighted by molar-refractivity contribution is 0.0996. The van der Waals surface area contributed by atoms with Gasteiger partial charge in [0.1, 0.15) is 5.60 Å². The number of methoxy groups -OCH3 is 1. The Kier molecular flexibility index (Phi) is 4.13. The molecule has 1 aliphatic carbocycles. The van der Waals surface area contributed by atoms with Crippen LogP contribution in [0.3, 0.4) is 0 Å². The van der Waals surface area contributed by atoms with E-state index in [1.165, 1.54) is 18.4 Å². The predicted molar refractivity (Wildman–Crippen MR) is 103 cm³/mol. The molecule has 2 aromatic rings. The number of nitrogens with zero attached hydrogens (tertiary/aromatic N) is 1. The summed E-state index contributed by atoms with van der Waals surface area (Å²) in [7, 11) is 1.02. The highest BCUT2D eigenvalue weighted by Gasteiger charge is 2.44. The molecule has 1 atom stereocenters. The van der Waals surface area contributed by atoms with Crippen molar-refractivity contribution in [1.82, 2.24) is 4.98 Å². The van der Waals surface area contributed by atoms with Gasteiger partial charge in [-0.3, -0.25) is 4.98 Å². The number of hydrogen-bond donors (Lipinski definition) is 1. The molecular weight excluding hydrogens is 341 g/mol. The number of ether oxygens (including phenoxy) is 2. The molecule has 1 saturated heterocycles. The van der Waals surface area contributed by atoms with E-state index < -0.39 is 7.12 Å². The largest absolute Gasteiger partial charge is 0.493 e. The minimum Gasteiger partial charge on any atom is -0.493 e. The number of pyridine rings is 1. The van der Waals surface area contributed by atoms with Gasteiger partial charge in [-0.15, -0.1) is 0 Å². The average molecular weight is 365 g/mol. The van der Waals surface area contributed by atoms with Crippen molar-refractivity contribution < 1.29 is 19.2 Å². The lowest BCUT2D eigenvalue weighted by Crippen LogP contribution is -2.30. The maximum atomic E-state index is 9.67. The summed E-state index contributed by atoms with van der Waals surface area (Å²) >= 11 is 0. The monoisotopic (exact) mass is 365 g/mol. The number of fused-ring (bicyclic) bond motifs is 1. The van der Waals surface area contributed by atoms with E-state index in [9.17, 15) is 5.02 Å². The third-order valence-electron chi connectivity index (χ3n) is 6.22. The van der Waals surface area contributed by atoms with Gasteiger partial charge in [0.15, 0.2) is 11.5 Å². The first-order valence-corrected chi connectivity index (χ1v) is 9.83. The van der Waals surface area contributed by atoms with E-state index in [2.05, 4.69) is 12.1 Å². The van der Waals surface area contributed by atoms with Crippen LogP contribution in [0.2, 0.25) is 6.32 Å². The maximum absolute atomic E-state index is 9.67. The number of benzene rings is 1. The van der Waals surface area contributed by atoms with E-state index in [-0.39, 0.29) is 11.5 Å². The van der Waals surface area contributed by atoms with Crippen LogP contribution in [-0.2, 0) is 11.1 Å². The van der Waals surface area contributed by atoms with Gasteiger partial charge in [-0.1, -0.05) is 6.07 Å². The Labute approximate surface area is 159 Å². The Morgan fingerprint density at radius 2 is 2.07 bits per heavy atom. The van der Waals surface area contributed by atoms with Crippen LogP contribution in [-0.4, -0.2) is 36.4 Å². The van der Waals surface area contributed by atoms with Crippen molar-refractivity contribution in [3.05, 3.63) is 41.6 Å². The summed E-state index contributed by atoms with van der Waals surface area (Å²) in [6, 6.07) is 10.2. The molecule has 140 valence electrons. The van der Waals surface area contributed by atoms with Gasteiger partial charge in [0.25, 0.3) is 0 Å². The smallest absolute Gasteiger partial charge is 0.454 e. The molecule has 3 aliphatic rings. The molecule has 1 saturated carbocycles. The van der Waals surface area contributed by atoms with Gasteiger partial charge in [-0.25, -0.2) is 0 Å². The molecule has 27 heavy (non-hydrogen) atoms. The number of aromatic nitrogens is 1. The zero-order valence-corrected chi connectivity index (χ0v) is 15.6. The van der Waals surface area contributed by atoms with Gasteiger partial charge in [0.2, 0.25) is 0 Å². The molecule has 6 heteroatoms. The van der Waals surface area contributed by atoms with Crippen molar-refractivity contribution in [2.45, 2.75) is 49.9 Å². The molecule has 0 amide bonds. The van der Waals surface area contributed by atoms with Crippen molar-refractivity contribution in [1.29, 1.82) is 0 Å². The molecule has 0 radical (unpaired) electrons. The maximum Gasteiger partial charge on any atom is 0.454 e. The summed E-state index contributed by atoms with van der Waals surface area (Å²) in [4.78, 5) is 4.92. The molecule has 1 aromatic heterocycles. The SMILES string of the molecule is COc1ccc(-c2cccc([C@@H]3COB(O)C3)n2)c2c1OC1(CCCC1)C2. The predicted octanol–water partition coefficient (Wildman–Crippen LogP) is 3.60. The van der Waals surface area contributed by atoms with E-state index in [1.807, 2.05) is 18.2 Å². The summed E-state index contributed by atoms with van der Waals surface area (Å²) in [5.41, 5.74) is 4.20. The highest BCUT2D eigenvalue weighted by molar-refractivity contribution is 6.43.